The van der Waals surface area contributed by atoms with E-state index < -0.39 is 0 Å². The molecule has 3 rings (SSSR count). The Bertz CT molecular complexity index is 1100. The predicted octanol–water partition coefficient (Wildman–Crippen LogP) is 4.01. The summed E-state index contributed by atoms with van der Waals surface area (Å²) in [7, 11) is 0. The van der Waals surface area contributed by atoms with Crippen molar-refractivity contribution in [2.45, 2.75) is 13.1 Å². The molecule has 1 aromatic heterocycles. The zero-order valence-corrected chi connectivity index (χ0v) is 15.4. The Morgan fingerprint density at radius 3 is 2.54 bits per heavy atom. The summed E-state index contributed by atoms with van der Waals surface area (Å²) < 4.78 is 3.36. The molecule has 0 unspecified atom stereocenters. The van der Waals surface area contributed by atoms with E-state index >= 15 is 0 Å². The van der Waals surface area contributed by atoms with Crippen molar-refractivity contribution in [3.05, 3.63) is 81.3 Å². The monoisotopic (exact) mass is 385 g/mol. The summed E-state index contributed by atoms with van der Waals surface area (Å²) in [6.45, 7) is 3.93. The topological polar surface area (TPSA) is 56.0 Å². The quantitative estimate of drug-likeness (QED) is 0.533. The number of rotatable bonds is 5. The largest absolute Gasteiger partial charge is 0.325 e. The van der Waals surface area contributed by atoms with Crippen LogP contribution in [0.5, 0.6) is 0 Å². The molecule has 1 heterocycles. The molecule has 0 atom stereocenters. The standard InChI is InChI=1S/C19H16ClN3O2S/c1-2-11-22-18(25)15-5-3-4-6-16(15)23(19(22)26)12-17(24)21-14-9-7-13(20)8-10-14/h2-10H,1,11-12H2,(H,21,24). The highest BCUT2D eigenvalue weighted by molar-refractivity contribution is 7.71. The molecule has 0 bridgehead atoms. The molecule has 0 radical (unpaired) electrons. The van der Waals surface area contributed by atoms with Crippen molar-refractivity contribution in [2.75, 3.05) is 5.32 Å². The second-order valence-electron chi connectivity index (χ2n) is 5.65. The summed E-state index contributed by atoms with van der Waals surface area (Å²) in [6.07, 6.45) is 1.60. The average molecular weight is 386 g/mol. The molecular formula is C19H16ClN3O2S. The van der Waals surface area contributed by atoms with Gasteiger partial charge < -0.3 is 9.88 Å². The van der Waals surface area contributed by atoms with Crippen LogP contribution in [-0.4, -0.2) is 15.0 Å². The van der Waals surface area contributed by atoms with E-state index in [2.05, 4.69) is 11.9 Å². The van der Waals surface area contributed by atoms with Gasteiger partial charge in [-0.1, -0.05) is 29.8 Å². The van der Waals surface area contributed by atoms with Crippen LogP contribution in [-0.2, 0) is 17.9 Å². The number of aromatic nitrogens is 2. The molecule has 1 N–H and O–H groups in total. The van der Waals surface area contributed by atoms with Gasteiger partial charge in [0.05, 0.1) is 10.9 Å². The first-order valence-corrected chi connectivity index (χ1v) is 8.68. The first-order valence-electron chi connectivity index (χ1n) is 7.90. The molecule has 7 heteroatoms. The van der Waals surface area contributed by atoms with Crippen molar-refractivity contribution in [1.82, 2.24) is 9.13 Å². The zero-order valence-electron chi connectivity index (χ0n) is 13.8. The second-order valence-corrected chi connectivity index (χ2v) is 6.45. The fourth-order valence-corrected chi connectivity index (χ4v) is 3.14. The molecule has 0 fully saturated rings. The lowest BCUT2D eigenvalue weighted by Gasteiger charge is -2.15. The summed E-state index contributed by atoms with van der Waals surface area (Å²) in [4.78, 5) is 25.1. The van der Waals surface area contributed by atoms with E-state index in [-0.39, 0.29) is 29.3 Å². The van der Waals surface area contributed by atoms with Gasteiger partial charge in [0, 0.05) is 17.3 Å². The van der Waals surface area contributed by atoms with Crippen LogP contribution in [0.4, 0.5) is 5.69 Å². The normalized spacial score (nSPS) is 10.7. The molecule has 0 saturated carbocycles. The van der Waals surface area contributed by atoms with E-state index in [1.807, 2.05) is 6.07 Å². The van der Waals surface area contributed by atoms with Gasteiger partial charge in [0.25, 0.3) is 5.56 Å². The van der Waals surface area contributed by atoms with E-state index in [1.165, 1.54) is 4.57 Å². The third kappa shape index (κ3) is 3.61. The molecule has 2 aromatic carbocycles. The molecule has 26 heavy (non-hydrogen) atoms. The molecule has 0 saturated heterocycles. The molecular weight excluding hydrogens is 370 g/mol. The highest BCUT2D eigenvalue weighted by Crippen LogP contribution is 2.15. The first-order chi connectivity index (χ1) is 12.5. The minimum Gasteiger partial charge on any atom is -0.325 e. The number of carbonyl (C=O) groups excluding carboxylic acids is 1. The number of anilines is 1. The maximum atomic E-state index is 12.6. The van der Waals surface area contributed by atoms with Crippen LogP contribution in [0.3, 0.4) is 0 Å². The molecule has 0 spiro atoms. The van der Waals surface area contributed by atoms with E-state index in [0.29, 0.717) is 21.6 Å². The first kappa shape index (κ1) is 18.1. The minimum absolute atomic E-state index is 0.0145. The van der Waals surface area contributed by atoms with Crippen LogP contribution in [0.25, 0.3) is 10.9 Å². The summed E-state index contributed by atoms with van der Waals surface area (Å²) in [5.74, 6) is -0.252. The number of hydrogen-bond donors (Lipinski definition) is 1. The van der Waals surface area contributed by atoms with Gasteiger partial charge in [0.15, 0.2) is 4.77 Å². The van der Waals surface area contributed by atoms with E-state index in [9.17, 15) is 9.59 Å². The van der Waals surface area contributed by atoms with Gasteiger partial charge in [-0.25, -0.2) is 0 Å². The lowest BCUT2D eigenvalue weighted by atomic mass is 10.2. The summed E-state index contributed by atoms with van der Waals surface area (Å²) in [5.41, 5.74) is 1.06. The molecule has 5 nitrogen and oxygen atoms in total. The van der Waals surface area contributed by atoms with Gasteiger partial charge in [-0.2, -0.15) is 0 Å². The minimum atomic E-state index is -0.252. The highest BCUT2D eigenvalue weighted by atomic mass is 35.5. The van der Waals surface area contributed by atoms with Crippen LogP contribution < -0.4 is 10.9 Å². The van der Waals surface area contributed by atoms with Gasteiger partial charge in [0.2, 0.25) is 5.91 Å². The number of amides is 1. The summed E-state index contributed by atoms with van der Waals surface area (Å²) in [6, 6.07) is 13.9. The number of hydrogen-bond acceptors (Lipinski definition) is 3. The summed E-state index contributed by atoms with van der Waals surface area (Å²) >= 11 is 11.3. The van der Waals surface area contributed by atoms with E-state index in [4.69, 9.17) is 23.8 Å². The lowest BCUT2D eigenvalue weighted by molar-refractivity contribution is -0.116. The van der Waals surface area contributed by atoms with Gasteiger partial charge in [-0.3, -0.25) is 14.2 Å². The number of nitrogens with one attached hydrogen (secondary N) is 1. The maximum Gasteiger partial charge on any atom is 0.262 e. The van der Waals surface area contributed by atoms with Gasteiger partial charge in [-0.15, -0.1) is 6.58 Å². The fourth-order valence-electron chi connectivity index (χ4n) is 2.69. The molecule has 0 aliphatic heterocycles. The Morgan fingerprint density at radius 2 is 1.85 bits per heavy atom. The van der Waals surface area contributed by atoms with Crippen LogP contribution in [0.15, 0.2) is 66.0 Å². The molecule has 0 aliphatic carbocycles. The highest BCUT2D eigenvalue weighted by Gasteiger charge is 2.12. The van der Waals surface area contributed by atoms with E-state index in [1.54, 1.807) is 53.1 Å². The SMILES string of the molecule is C=CCn1c(=O)c2ccccc2n(CC(=O)Nc2ccc(Cl)cc2)c1=S. The second kappa shape index (κ2) is 7.68. The smallest absolute Gasteiger partial charge is 0.262 e. The Labute approximate surface area is 160 Å². The van der Waals surface area contributed by atoms with Crippen molar-refractivity contribution in [3.63, 3.8) is 0 Å². The third-order valence-corrected chi connectivity index (χ3v) is 4.57. The maximum absolute atomic E-state index is 12.6. The summed E-state index contributed by atoms with van der Waals surface area (Å²) in [5, 5.41) is 3.90. The van der Waals surface area contributed by atoms with Gasteiger partial charge in [0.1, 0.15) is 6.54 Å². The number of nitrogens with zero attached hydrogens (tertiary/aromatic N) is 2. The molecule has 0 aliphatic rings. The number of fused-ring (bicyclic) bond motifs is 1. The number of benzene rings is 2. The predicted molar refractivity (Wildman–Crippen MR) is 107 cm³/mol. The number of para-hydroxylation sites is 1. The van der Waals surface area contributed by atoms with Crippen molar-refractivity contribution in [3.8, 4) is 0 Å². The van der Waals surface area contributed by atoms with Crippen LogP contribution in [0, 0.1) is 4.77 Å². The Kier molecular flexibility index (Phi) is 5.35. The van der Waals surface area contributed by atoms with Crippen molar-refractivity contribution in [1.29, 1.82) is 0 Å². The Morgan fingerprint density at radius 1 is 1.15 bits per heavy atom. The van der Waals surface area contributed by atoms with Crippen molar-refractivity contribution in [2.24, 2.45) is 0 Å². The van der Waals surface area contributed by atoms with Crippen LogP contribution in [0.2, 0.25) is 5.02 Å². The molecule has 132 valence electrons. The Hall–Kier alpha value is -2.70. The van der Waals surface area contributed by atoms with Crippen LogP contribution in [0.1, 0.15) is 0 Å². The van der Waals surface area contributed by atoms with Gasteiger partial charge >= 0.3 is 0 Å². The van der Waals surface area contributed by atoms with Gasteiger partial charge in [-0.05, 0) is 48.6 Å². The Balaban J connectivity index is 2.02. The number of carbonyl (C=O) groups is 1. The zero-order chi connectivity index (χ0) is 18.7. The van der Waals surface area contributed by atoms with Crippen LogP contribution >= 0.6 is 23.8 Å². The lowest BCUT2D eigenvalue weighted by Crippen LogP contribution is -2.28. The average Bonchev–Trinajstić information content (AvgIpc) is 2.64. The molecule has 1 amide bonds. The van der Waals surface area contributed by atoms with Crippen molar-refractivity contribution >= 4 is 46.3 Å². The fraction of sp³-hybridized carbons (Fsp3) is 0.105. The number of allylic oxidation sites excluding steroid dienone is 1. The van der Waals surface area contributed by atoms with E-state index in [0.717, 1.165) is 0 Å². The third-order valence-electron chi connectivity index (χ3n) is 3.87. The number of halogens is 1. The van der Waals surface area contributed by atoms with Crippen molar-refractivity contribution < 1.29 is 4.79 Å². The molecule has 3 aromatic rings.